The van der Waals surface area contributed by atoms with Crippen molar-refractivity contribution in [2.45, 2.75) is 24.9 Å². The lowest BCUT2D eigenvalue weighted by Crippen LogP contribution is -2.30. The fourth-order valence-corrected chi connectivity index (χ4v) is 2.18. The van der Waals surface area contributed by atoms with Gasteiger partial charge in [-0.25, -0.2) is 4.39 Å². The molecular formula is C7H9FO2. The third-order valence-corrected chi connectivity index (χ3v) is 2.73. The number of hydrogen-bond donors (Lipinski definition) is 1. The second-order valence-electron chi connectivity index (χ2n) is 3.47. The van der Waals surface area contributed by atoms with E-state index in [1.807, 2.05) is 0 Å². The van der Waals surface area contributed by atoms with Gasteiger partial charge in [-0.3, -0.25) is 4.79 Å². The zero-order valence-electron chi connectivity index (χ0n) is 5.51. The summed E-state index contributed by atoms with van der Waals surface area (Å²) in [6, 6.07) is 0. The van der Waals surface area contributed by atoms with E-state index in [0.29, 0.717) is 12.8 Å². The first kappa shape index (κ1) is 6.13. The monoisotopic (exact) mass is 144 g/mol. The molecule has 3 aliphatic rings. The van der Waals surface area contributed by atoms with Crippen LogP contribution in [0.25, 0.3) is 0 Å². The van der Waals surface area contributed by atoms with Crippen LogP contribution >= 0.6 is 0 Å². The number of carboxylic acids is 1. The van der Waals surface area contributed by atoms with Crippen molar-refractivity contribution in [3.63, 3.8) is 0 Å². The summed E-state index contributed by atoms with van der Waals surface area (Å²) >= 11 is 0. The Labute approximate surface area is 58.0 Å². The molecule has 0 aromatic rings. The molecule has 1 atom stereocenters. The van der Waals surface area contributed by atoms with Crippen LogP contribution in [0.2, 0.25) is 0 Å². The van der Waals surface area contributed by atoms with E-state index >= 15 is 0 Å². The molecule has 3 heteroatoms. The Morgan fingerprint density at radius 3 is 2.30 bits per heavy atom. The van der Waals surface area contributed by atoms with Gasteiger partial charge in [0.1, 0.15) is 5.67 Å². The summed E-state index contributed by atoms with van der Waals surface area (Å²) in [6.45, 7) is 0. The Balaban J connectivity index is 2.12. The highest BCUT2D eigenvalue weighted by Crippen LogP contribution is 2.57. The lowest BCUT2D eigenvalue weighted by Gasteiger charge is -2.29. The second-order valence-corrected chi connectivity index (χ2v) is 3.47. The number of fused-ring (bicyclic) bond motifs is 1. The highest BCUT2D eigenvalue weighted by molar-refractivity contribution is 5.72. The molecule has 2 nitrogen and oxygen atoms in total. The van der Waals surface area contributed by atoms with Gasteiger partial charge in [0.2, 0.25) is 0 Å². The fourth-order valence-electron chi connectivity index (χ4n) is 2.18. The minimum absolute atomic E-state index is 0.141. The standard InChI is InChI=1S/C7H9FO2/c8-7-1-4(2-7)5(3-7)6(9)10/h4-5H,1-3H2,(H,9,10). The van der Waals surface area contributed by atoms with Gasteiger partial charge >= 0.3 is 5.97 Å². The van der Waals surface area contributed by atoms with E-state index in [2.05, 4.69) is 0 Å². The maximum absolute atomic E-state index is 13.0. The normalized spacial score (nSPS) is 50.5. The summed E-state index contributed by atoms with van der Waals surface area (Å²) in [5, 5.41) is 8.56. The predicted octanol–water partition coefficient (Wildman–Crippen LogP) is 1.21. The summed E-state index contributed by atoms with van der Waals surface area (Å²) in [6.07, 6.45) is 1.24. The summed E-state index contributed by atoms with van der Waals surface area (Å²) in [7, 11) is 0. The molecule has 0 aliphatic heterocycles. The Hall–Kier alpha value is -0.600. The lowest BCUT2D eigenvalue weighted by molar-refractivity contribution is -0.142. The fraction of sp³-hybridized carbons (Fsp3) is 0.857. The molecule has 0 spiro atoms. The molecule has 0 saturated heterocycles. The largest absolute Gasteiger partial charge is 0.481 e. The minimum Gasteiger partial charge on any atom is -0.481 e. The first-order chi connectivity index (χ1) is 4.61. The van der Waals surface area contributed by atoms with Crippen LogP contribution in [0.15, 0.2) is 0 Å². The van der Waals surface area contributed by atoms with Gasteiger partial charge in [0.15, 0.2) is 0 Å². The number of hydrogen-bond acceptors (Lipinski definition) is 1. The van der Waals surface area contributed by atoms with Crippen LogP contribution in [0.1, 0.15) is 19.3 Å². The van der Waals surface area contributed by atoms with Crippen molar-refractivity contribution in [2.75, 3.05) is 0 Å². The average molecular weight is 144 g/mol. The van der Waals surface area contributed by atoms with Gasteiger partial charge in [-0.05, 0) is 25.2 Å². The maximum Gasteiger partial charge on any atom is 0.306 e. The smallest absolute Gasteiger partial charge is 0.306 e. The van der Waals surface area contributed by atoms with Gasteiger partial charge in [-0.1, -0.05) is 0 Å². The van der Waals surface area contributed by atoms with Crippen molar-refractivity contribution in [2.24, 2.45) is 11.8 Å². The van der Waals surface area contributed by atoms with Gasteiger partial charge in [-0.2, -0.15) is 0 Å². The highest BCUT2D eigenvalue weighted by Gasteiger charge is 2.59. The summed E-state index contributed by atoms with van der Waals surface area (Å²) in [5.41, 5.74) is -1.09. The molecule has 0 aromatic heterocycles. The van der Waals surface area contributed by atoms with Crippen LogP contribution in [0, 0.1) is 11.8 Å². The Morgan fingerprint density at radius 1 is 1.50 bits per heavy atom. The first-order valence-electron chi connectivity index (χ1n) is 3.52. The average Bonchev–Trinajstić information content (AvgIpc) is 2.17. The van der Waals surface area contributed by atoms with Crippen molar-refractivity contribution in [1.82, 2.24) is 0 Å². The maximum atomic E-state index is 13.0. The minimum atomic E-state index is -1.09. The summed E-state index contributed by atoms with van der Waals surface area (Å²) in [4.78, 5) is 10.4. The van der Waals surface area contributed by atoms with Gasteiger partial charge < -0.3 is 5.11 Å². The van der Waals surface area contributed by atoms with E-state index in [1.165, 1.54) is 0 Å². The molecule has 0 heterocycles. The molecule has 2 bridgehead atoms. The predicted molar refractivity (Wildman–Crippen MR) is 32.3 cm³/mol. The van der Waals surface area contributed by atoms with Crippen molar-refractivity contribution in [1.29, 1.82) is 0 Å². The summed E-state index contributed by atoms with van der Waals surface area (Å²) < 4.78 is 13.0. The van der Waals surface area contributed by atoms with Crippen molar-refractivity contribution >= 4 is 5.97 Å². The second kappa shape index (κ2) is 1.52. The molecule has 1 N–H and O–H groups in total. The molecule has 3 rings (SSSR count). The van der Waals surface area contributed by atoms with Crippen LogP contribution in [0.3, 0.4) is 0 Å². The van der Waals surface area contributed by atoms with Crippen molar-refractivity contribution in [3.8, 4) is 0 Å². The number of rotatable bonds is 1. The van der Waals surface area contributed by atoms with Crippen LogP contribution in [0.5, 0.6) is 0 Å². The van der Waals surface area contributed by atoms with Gasteiger partial charge in [0.05, 0.1) is 5.92 Å². The van der Waals surface area contributed by atoms with E-state index in [9.17, 15) is 9.18 Å². The first-order valence-corrected chi connectivity index (χ1v) is 3.52. The zero-order chi connectivity index (χ0) is 7.35. The lowest BCUT2D eigenvalue weighted by atomic mass is 9.80. The molecule has 3 saturated carbocycles. The van der Waals surface area contributed by atoms with Gasteiger partial charge in [-0.15, -0.1) is 0 Å². The molecule has 10 heavy (non-hydrogen) atoms. The third kappa shape index (κ3) is 0.604. The Morgan fingerprint density at radius 2 is 2.10 bits per heavy atom. The van der Waals surface area contributed by atoms with Gasteiger partial charge in [0, 0.05) is 0 Å². The molecule has 0 aromatic carbocycles. The van der Waals surface area contributed by atoms with Crippen LogP contribution < -0.4 is 0 Å². The zero-order valence-corrected chi connectivity index (χ0v) is 5.51. The number of alkyl halides is 1. The van der Waals surface area contributed by atoms with E-state index in [4.69, 9.17) is 5.11 Å². The van der Waals surface area contributed by atoms with Crippen molar-refractivity contribution < 1.29 is 14.3 Å². The van der Waals surface area contributed by atoms with Crippen molar-refractivity contribution in [3.05, 3.63) is 0 Å². The molecule has 0 radical (unpaired) electrons. The molecule has 3 aliphatic carbocycles. The molecule has 56 valence electrons. The topological polar surface area (TPSA) is 37.3 Å². The van der Waals surface area contributed by atoms with E-state index in [0.717, 1.165) is 0 Å². The SMILES string of the molecule is O=C(O)C1CC2(F)CC1C2. The summed E-state index contributed by atoms with van der Waals surface area (Å²) in [5.74, 6) is -1.06. The number of carboxylic acid groups (broad SMARTS) is 1. The van der Waals surface area contributed by atoms with E-state index < -0.39 is 11.6 Å². The quantitative estimate of drug-likeness (QED) is 0.600. The van der Waals surface area contributed by atoms with Crippen LogP contribution in [-0.4, -0.2) is 16.7 Å². The van der Waals surface area contributed by atoms with E-state index in [-0.39, 0.29) is 18.3 Å². The molecular weight excluding hydrogens is 135 g/mol. The molecule has 3 fully saturated rings. The molecule has 0 amide bonds. The van der Waals surface area contributed by atoms with Crippen LogP contribution in [0.4, 0.5) is 4.39 Å². The van der Waals surface area contributed by atoms with Crippen LogP contribution in [-0.2, 0) is 4.79 Å². The Bertz CT molecular complexity index is 184. The Kier molecular flexibility index (Phi) is 0.932. The van der Waals surface area contributed by atoms with E-state index in [1.54, 1.807) is 0 Å². The highest BCUT2D eigenvalue weighted by atomic mass is 19.1. The van der Waals surface area contributed by atoms with Gasteiger partial charge in [0.25, 0.3) is 0 Å². The third-order valence-electron chi connectivity index (χ3n) is 2.73. The number of halogens is 1. The molecule has 1 unspecified atom stereocenters. The number of aliphatic carboxylic acids is 1. The number of carbonyl (C=O) groups is 1.